The minimum atomic E-state index is -0.553. The third kappa shape index (κ3) is 5.31. The topological polar surface area (TPSA) is 67.8 Å². The van der Waals surface area contributed by atoms with Crippen molar-refractivity contribution in [3.8, 4) is 5.75 Å². The van der Waals surface area contributed by atoms with Crippen molar-refractivity contribution in [1.82, 2.24) is 5.32 Å². The van der Waals surface area contributed by atoms with Crippen LogP contribution >= 0.6 is 0 Å². The van der Waals surface area contributed by atoms with Crippen LogP contribution in [-0.2, 0) is 9.53 Å². The summed E-state index contributed by atoms with van der Waals surface area (Å²) in [6, 6.07) is 9.26. The number of carbonyl (C=O) groups excluding carboxylic acids is 1. The average Bonchev–Trinajstić information content (AvgIpc) is 2.56. The number of nitrogens with one attached hydrogen (secondary N) is 1. The molecule has 0 saturated carbocycles. The maximum absolute atomic E-state index is 12.0. The molecule has 1 saturated heterocycles. The Kier molecular flexibility index (Phi) is 6.68. The van der Waals surface area contributed by atoms with E-state index >= 15 is 0 Å². The minimum Gasteiger partial charge on any atom is -0.481 e. The summed E-state index contributed by atoms with van der Waals surface area (Å²) in [5, 5.41) is 12.9. The summed E-state index contributed by atoms with van der Waals surface area (Å²) in [7, 11) is 0. The van der Waals surface area contributed by atoms with Gasteiger partial charge in [0.25, 0.3) is 5.91 Å². The maximum atomic E-state index is 12.0. The van der Waals surface area contributed by atoms with Crippen molar-refractivity contribution in [3.63, 3.8) is 0 Å². The number of carbonyl (C=O) groups is 1. The van der Waals surface area contributed by atoms with E-state index < -0.39 is 6.10 Å². The number of rotatable bonds is 7. The van der Waals surface area contributed by atoms with Gasteiger partial charge in [0, 0.05) is 19.8 Å². The fourth-order valence-electron chi connectivity index (χ4n) is 2.58. The van der Waals surface area contributed by atoms with E-state index in [1.165, 1.54) is 0 Å². The summed E-state index contributed by atoms with van der Waals surface area (Å²) in [5.74, 6) is 0.791. The van der Waals surface area contributed by atoms with Gasteiger partial charge in [0.15, 0.2) is 6.10 Å². The number of ether oxygens (including phenoxy) is 2. The second-order valence-electron chi connectivity index (χ2n) is 5.67. The molecule has 2 N–H and O–H groups in total. The molecule has 1 aromatic rings. The Morgan fingerprint density at radius 2 is 2.05 bits per heavy atom. The first kappa shape index (κ1) is 16.8. The van der Waals surface area contributed by atoms with Crippen LogP contribution in [0.2, 0.25) is 0 Å². The molecule has 22 heavy (non-hydrogen) atoms. The summed E-state index contributed by atoms with van der Waals surface area (Å²) in [5.41, 5.74) is 0. The summed E-state index contributed by atoms with van der Waals surface area (Å²) in [6.45, 7) is 3.61. The summed E-state index contributed by atoms with van der Waals surface area (Å²) in [4.78, 5) is 12.0. The molecule has 1 aromatic carbocycles. The number of benzene rings is 1. The fraction of sp³-hybridized carbons (Fsp3) is 0.588. The van der Waals surface area contributed by atoms with Crippen LogP contribution in [0.15, 0.2) is 30.3 Å². The van der Waals surface area contributed by atoms with Crippen molar-refractivity contribution in [2.24, 2.45) is 5.92 Å². The van der Waals surface area contributed by atoms with Crippen LogP contribution in [0.5, 0.6) is 5.75 Å². The first-order valence-corrected chi connectivity index (χ1v) is 7.92. The van der Waals surface area contributed by atoms with Crippen molar-refractivity contribution in [3.05, 3.63) is 30.3 Å². The van der Waals surface area contributed by atoms with Crippen LogP contribution in [0, 0.1) is 5.92 Å². The Labute approximate surface area is 131 Å². The molecular weight excluding hydrogens is 282 g/mol. The van der Waals surface area contributed by atoms with Gasteiger partial charge in [-0.05, 0) is 44.2 Å². The Morgan fingerprint density at radius 3 is 2.73 bits per heavy atom. The molecule has 5 nitrogen and oxygen atoms in total. The molecule has 122 valence electrons. The second-order valence-corrected chi connectivity index (χ2v) is 5.67. The number of hydrogen-bond donors (Lipinski definition) is 2. The lowest BCUT2D eigenvalue weighted by Crippen LogP contribution is -2.38. The van der Waals surface area contributed by atoms with E-state index in [0.717, 1.165) is 26.1 Å². The van der Waals surface area contributed by atoms with E-state index in [4.69, 9.17) is 9.47 Å². The van der Waals surface area contributed by atoms with Gasteiger partial charge in [-0.2, -0.15) is 0 Å². The quantitative estimate of drug-likeness (QED) is 0.805. The van der Waals surface area contributed by atoms with Crippen LogP contribution < -0.4 is 10.1 Å². The first-order valence-electron chi connectivity index (χ1n) is 7.92. The van der Waals surface area contributed by atoms with Crippen LogP contribution in [-0.4, -0.2) is 43.0 Å². The highest BCUT2D eigenvalue weighted by Crippen LogP contribution is 2.20. The number of aliphatic hydroxyl groups is 1. The average molecular weight is 307 g/mol. The molecule has 0 aliphatic carbocycles. The minimum absolute atomic E-state index is 0.164. The maximum Gasteiger partial charge on any atom is 0.260 e. The van der Waals surface area contributed by atoms with Crippen molar-refractivity contribution >= 4 is 5.91 Å². The molecule has 0 spiro atoms. The third-order valence-electron chi connectivity index (χ3n) is 3.97. The molecular formula is C17H25NO4. The van der Waals surface area contributed by atoms with Crippen molar-refractivity contribution < 1.29 is 19.4 Å². The summed E-state index contributed by atoms with van der Waals surface area (Å²) >= 11 is 0. The monoisotopic (exact) mass is 307 g/mol. The first-order chi connectivity index (χ1) is 10.7. The smallest absolute Gasteiger partial charge is 0.260 e. The predicted molar refractivity (Wildman–Crippen MR) is 83.7 cm³/mol. The number of para-hydroxylation sites is 1. The fourth-order valence-corrected chi connectivity index (χ4v) is 2.58. The van der Waals surface area contributed by atoms with Crippen molar-refractivity contribution in [2.75, 3.05) is 19.8 Å². The van der Waals surface area contributed by atoms with Gasteiger partial charge >= 0.3 is 0 Å². The molecule has 0 unspecified atom stereocenters. The molecule has 1 aliphatic heterocycles. The normalized spacial score (nSPS) is 18.5. The third-order valence-corrected chi connectivity index (χ3v) is 3.97. The van der Waals surface area contributed by atoms with E-state index in [0.29, 0.717) is 18.7 Å². The Hall–Kier alpha value is -1.59. The SMILES string of the molecule is C[C@@H](Oc1ccccc1)C(=O)NCC[C@H](O)C1CCOCC1. The lowest BCUT2D eigenvalue weighted by Gasteiger charge is -2.26. The molecule has 0 aromatic heterocycles. The lowest BCUT2D eigenvalue weighted by atomic mass is 9.92. The molecule has 1 fully saturated rings. The van der Waals surface area contributed by atoms with Crippen LogP contribution in [0.25, 0.3) is 0 Å². The van der Waals surface area contributed by atoms with E-state index in [-0.39, 0.29) is 17.9 Å². The Morgan fingerprint density at radius 1 is 1.36 bits per heavy atom. The van der Waals surface area contributed by atoms with Crippen LogP contribution in [0.4, 0.5) is 0 Å². The zero-order valence-corrected chi connectivity index (χ0v) is 13.0. The van der Waals surface area contributed by atoms with Gasteiger partial charge in [-0.3, -0.25) is 4.79 Å². The standard InChI is InChI=1S/C17H25NO4/c1-13(22-15-5-3-2-4-6-15)17(20)18-10-7-16(19)14-8-11-21-12-9-14/h2-6,13-14,16,19H,7-12H2,1H3,(H,18,20)/t13-,16+/m1/s1. The largest absolute Gasteiger partial charge is 0.481 e. The molecule has 1 amide bonds. The van der Waals surface area contributed by atoms with E-state index in [1.807, 2.05) is 30.3 Å². The Bertz CT molecular complexity index is 445. The van der Waals surface area contributed by atoms with Crippen LogP contribution in [0.3, 0.4) is 0 Å². The molecule has 0 radical (unpaired) electrons. The zero-order valence-electron chi connectivity index (χ0n) is 13.0. The highest BCUT2D eigenvalue weighted by Gasteiger charge is 2.22. The highest BCUT2D eigenvalue weighted by molar-refractivity contribution is 5.80. The zero-order chi connectivity index (χ0) is 15.8. The van der Waals surface area contributed by atoms with Gasteiger partial charge < -0.3 is 19.9 Å². The van der Waals surface area contributed by atoms with Gasteiger partial charge in [-0.25, -0.2) is 0 Å². The predicted octanol–water partition coefficient (Wildman–Crippen LogP) is 1.75. The molecule has 5 heteroatoms. The van der Waals surface area contributed by atoms with Gasteiger partial charge in [-0.15, -0.1) is 0 Å². The lowest BCUT2D eigenvalue weighted by molar-refractivity contribution is -0.127. The molecule has 1 heterocycles. The van der Waals surface area contributed by atoms with E-state index in [1.54, 1.807) is 6.92 Å². The van der Waals surface area contributed by atoms with Gasteiger partial charge in [0.1, 0.15) is 5.75 Å². The molecule has 2 atom stereocenters. The Balaban J connectivity index is 1.66. The van der Waals surface area contributed by atoms with Gasteiger partial charge in [0.2, 0.25) is 0 Å². The van der Waals surface area contributed by atoms with Gasteiger partial charge in [0.05, 0.1) is 6.10 Å². The van der Waals surface area contributed by atoms with E-state index in [9.17, 15) is 9.90 Å². The second kappa shape index (κ2) is 8.76. The summed E-state index contributed by atoms with van der Waals surface area (Å²) < 4.78 is 10.8. The highest BCUT2D eigenvalue weighted by atomic mass is 16.5. The number of amides is 1. The molecule has 2 rings (SSSR count). The molecule has 1 aliphatic rings. The number of hydrogen-bond acceptors (Lipinski definition) is 4. The van der Waals surface area contributed by atoms with Crippen LogP contribution in [0.1, 0.15) is 26.2 Å². The van der Waals surface area contributed by atoms with Crippen molar-refractivity contribution in [2.45, 2.75) is 38.4 Å². The van der Waals surface area contributed by atoms with Crippen molar-refractivity contribution in [1.29, 1.82) is 0 Å². The van der Waals surface area contributed by atoms with Gasteiger partial charge in [-0.1, -0.05) is 18.2 Å². The molecule has 0 bridgehead atoms. The number of aliphatic hydroxyl groups excluding tert-OH is 1. The van der Waals surface area contributed by atoms with E-state index in [2.05, 4.69) is 5.32 Å². The summed E-state index contributed by atoms with van der Waals surface area (Å²) in [6.07, 6.45) is 1.41.